The summed E-state index contributed by atoms with van der Waals surface area (Å²) in [5.74, 6) is -1.52. The molecule has 0 atom stereocenters. The van der Waals surface area contributed by atoms with Gasteiger partial charge in [0, 0.05) is 5.56 Å². The molecule has 0 nitrogen and oxygen atoms in total. The van der Waals surface area contributed by atoms with E-state index >= 15 is 8.78 Å². The standard InChI is InChI=1S/C30H33F3/c1-3-5-6-8-24-17-18-25-19-26(29(32)30(33)27(25)28(24)31)23-15-13-22(14-16-23)21-11-9-20(7-4-2)10-12-21/h4,7,13-21H,3,5-6,8-12H2,1-2H3/b7-4+. The smallest absolute Gasteiger partial charge is 0.170 e. The number of hydrogen-bond acceptors (Lipinski definition) is 0. The Morgan fingerprint density at radius 3 is 2.24 bits per heavy atom. The molecule has 0 N–H and O–H groups in total. The van der Waals surface area contributed by atoms with Crippen molar-refractivity contribution in [2.24, 2.45) is 5.92 Å². The molecule has 4 rings (SSSR count). The Kier molecular flexibility index (Phi) is 7.57. The highest BCUT2D eigenvalue weighted by Crippen LogP contribution is 2.38. The number of allylic oxidation sites excluding steroid dienone is 2. The first-order valence-electron chi connectivity index (χ1n) is 12.4. The maximum atomic E-state index is 15.1. The fourth-order valence-electron chi connectivity index (χ4n) is 5.24. The molecule has 0 spiro atoms. The highest BCUT2D eigenvalue weighted by molar-refractivity contribution is 5.89. The first kappa shape index (κ1) is 23.6. The van der Waals surface area contributed by atoms with Crippen LogP contribution >= 0.6 is 0 Å². The molecule has 1 saturated carbocycles. The molecule has 174 valence electrons. The molecule has 3 aromatic carbocycles. The average Bonchev–Trinajstić information content (AvgIpc) is 2.83. The third-order valence-electron chi connectivity index (χ3n) is 7.18. The van der Waals surface area contributed by atoms with Crippen LogP contribution in [0.25, 0.3) is 21.9 Å². The summed E-state index contributed by atoms with van der Waals surface area (Å²) in [5.41, 5.74) is 2.51. The summed E-state index contributed by atoms with van der Waals surface area (Å²) in [7, 11) is 0. The summed E-state index contributed by atoms with van der Waals surface area (Å²) in [6.07, 6.45) is 12.5. The van der Waals surface area contributed by atoms with Crippen LogP contribution in [0.1, 0.15) is 75.8 Å². The molecule has 0 bridgehead atoms. The van der Waals surface area contributed by atoms with Crippen LogP contribution in [0.15, 0.2) is 54.6 Å². The summed E-state index contributed by atoms with van der Waals surface area (Å²) in [6, 6.07) is 12.8. The Bertz CT molecular complexity index is 1120. The third-order valence-corrected chi connectivity index (χ3v) is 7.18. The lowest BCUT2D eigenvalue weighted by Gasteiger charge is -2.27. The zero-order valence-electron chi connectivity index (χ0n) is 19.6. The van der Waals surface area contributed by atoms with Crippen molar-refractivity contribution in [3.63, 3.8) is 0 Å². The number of halogens is 3. The van der Waals surface area contributed by atoms with Crippen LogP contribution in [0.5, 0.6) is 0 Å². The predicted molar refractivity (Wildman–Crippen MR) is 132 cm³/mol. The Morgan fingerprint density at radius 1 is 0.848 bits per heavy atom. The minimum Gasteiger partial charge on any atom is -0.206 e. The summed E-state index contributed by atoms with van der Waals surface area (Å²) < 4.78 is 45.1. The van der Waals surface area contributed by atoms with E-state index < -0.39 is 17.5 Å². The normalized spacial score (nSPS) is 18.9. The molecule has 3 aromatic rings. The number of rotatable bonds is 7. The minimum absolute atomic E-state index is 0.182. The molecule has 33 heavy (non-hydrogen) atoms. The zero-order valence-corrected chi connectivity index (χ0v) is 19.6. The summed E-state index contributed by atoms with van der Waals surface area (Å²) in [5, 5.41) is 0.159. The van der Waals surface area contributed by atoms with Crippen LogP contribution in [0.3, 0.4) is 0 Å². The highest BCUT2D eigenvalue weighted by atomic mass is 19.2. The van der Waals surface area contributed by atoms with E-state index in [0.29, 0.717) is 34.8 Å². The first-order valence-corrected chi connectivity index (χ1v) is 12.4. The Hall–Kier alpha value is -2.55. The second kappa shape index (κ2) is 10.6. The van der Waals surface area contributed by atoms with Gasteiger partial charge >= 0.3 is 0 Å². The predicted octanol–water partition coefficient (Wildman–Crippen LogP) is 9.51. The van der Waals surface area contributed by atoms with Gasteiger partial charge in [-0.25, -0.2) is 13.2 Å². The van der Waals surface area contributed by atoms with Crippen molar-refractivity contribution in [2.45, 2.75) is 71.1 Å². The molecule has 1 fully saturated rings. The maximum Gasteiger partial charge on any atom is 0.170 e. The Labute approximate surface area is 195 Å². The molecule has 0 aliphatic heterocycles. The molecule has 3 heteroatoms. The van der Waals surface area contributed by atoms with Gasteiger partial charge in [-0.1, -0.05) is 68.3 Å². The fourth-order valence-corrected chi connectivity index (χ4v) is 5.24. The van der Waals surface area contributed by atoms with Gasteiger partial charge in [-0.2, -0.15) is 0 Å². The second-order valence-corrected chi connectivity index (χ2v) is 9.41. The van der Waals surface area contributed by atoms with Gasteiger partial charge in [0.2, 0.25) is 0 Å². The molecule has 0 unspecified atom stereocenters. The van der Waals surface area contributed by atoms with Crippen molar-refractivity contribution >= 4 is 10.8 Å². The van der Waals surface area contributed by atoms with Crippen LogP contribution in [0, 0.1) is 23.4 Å². The molecule has 0 aromatic heterocycles. The van der Waals surface area contributed by atoms with E-state index in [1.54, 1.807) is 18.2 Å². The van der Waals surface area contributed by atoms with E-state index in [2.05, 4.69) is 26.0 Å². The van der Waals surface area contributed by atoms with Crippen molar-refractivity contribution in [3.05, 3.63) is 83.2 Å². The number of benzene rings is 3. The quantitative estimate of drug-likeness (QED) is 0.248. The van der Waals surface area contributed by atoms with Crippen molar-refractivity contribution in [1.29, 1.82) is 0 Å². The van der Waals surface area contributed by atoms with E-state index in [-0.39, 0.29) is 10.9 Å². The van der Waals surface area contributed by atoms with Crippen LogP contribution < -0.4 is 0 Å². The van der Waals surface area contributed by atoms with Gasteiger partial charge in [0.05, 0.1) is 5.39 Å². The molecular formula is C30H33F3. The minimum atomic E-state index is -1.09. The second-order valence-electron chi connectivity index (χ2n) is 9.41. The van der Waals surface area contributed by atoms with E-state index in [1.807, 2.05) is 24.3 Å². The zero-order chi connectivity index (χ0) is 23.4. The van der Waals surface area contributed by atoms with E-state index in [0.717, 1.165) is 32.1 Å². The summed E-state index contributed by atoms with van der Waals surface area (Å²) in [4.78, 5) is 0. The summed E-state index contributed by atoms with van der Waals surface area (Å²) >= 11 is 0. The van der Waals surface area contributed by atoms with Crippen LogP contribution in [0.4, 0.5) is 13.2 Å². The number of unbranched alkanes of at least 4 members (excludes halogenated alkanes) is 2. The third kappa shape index (κ3) is 5.03. The van der Waals surface area contributed by atoms with E-state index in [9.17, 15) is 4.39 Å². The van der Waals surface area contributed by atoms with Gasteiger partial charge in [-0.15, -0.1) is 0 Å². The highest BCUT2D eigenvalue weighted by Gasteiger charge is 2.22. The average molecular weight is 451 g/mol. The Balaban J connectivity index is 1.59. The monoisotopic (exact) mass is 450 g/mol. The molecule has 1 aliphatic rings. The summed E-state index contributed by atoms with van der Waals surface area (Å²) in [6.45, 7) is 4.15. The van der Waals surface area contributed by atoms with Crippen molar-refractivity contribution in [3.8, 4) is 11.1 Å². The van der Waals surface area contributed by atoms with Gasteiger partial charge in [0.15, 0.2) is 11.6 Å². The topological polar surface area (TPSA) is 0 Å². The lowest BCUT2D eigenvalue weighted by atomic mass is 9.78. The lowest BCUT2D eigenvalue weighted by Crippen LogP contribution is -2.11. The lowest BCUT2D eigenvalue weighted by molar-refractivity contribution is 0.376. The molecule has 0 radical (unpaired) electrons. The van der Waals surface area contributed by atoms with Gasteiger partial charge in [0.25, 0.3) is 0 Å². The molecule has 0 heterocycles. The number of aryl methyl sites for hydroxylation is 1. The molecular weight excluding hydrogens is 417 g/mol. The van der Waals surface area contributed by atoms with Gasteiger partial charge in [-0.05, 0) is 85.4 Å². The van der Waals surface area contributed by atoms with E-state index in [4.69, 9.17) is 0 Å². The van der Waals surface area contributed by atoms with Gasteiger partial charge < -0.3 is 0 Å². The van der Waals surface area contributed by atoms with Crippen molar-refractivity contribution in [1.82, 2.24) is 0 Å². The molecule has 0 saturated heterocycles. The van der Waals surface area contributed by atoms with Gasteiger partial charge in [-0.3, -0.25) is 0 Å². The van der Waals surface area contributed by atoms with Gasteiger partial charge in [0.1, 0.15) is 5.82 Å². The first-order chi connectivity index (χ1) is 16.0. The Morgan fingerprint density at radius 2 is 1.58 bits per heavy atom. The number of hydrogen-bond donors (Lipinski definition) is 0. The van der Waals surface area contributed by atoms with Crippen LogP contribution in [0.2, 0.25) is 0 Å². The fraction of sp³-hybridized carbons (Fsp3) is 0.400. The SMILES string of the molecule is C/C=C/C1CCC(c2ccc(-c3cc4ccc(CCCCC)c(F)c4c(F)c3F)cc2)CC1. The number of fused-ring (bicyclic) bond motifs is 1. The maximum absolute atomic E-state index is 15.1. The van der Waals surface area contributed by atoms with Crippen LogP contribution in [-0.2, 0) is 6.42 Å². The largest absolute Gasteiger partial charge is 0.206 e. The molecule has 1 aliphatic carbocycles. The molecule has 0 amide bonds. The van der Waals surface area contributed by atoms with E-state index in [1.165, 1.54) is 18.4 Å². The van der Waals surface area contributed by atoms with Crippen molar-refractivity contribution < 1.29 is 13.2 Å². The van der Waals surface area contributed by atoms with Crippen molar-refractivity contribution in [2.75, 3.05) is 0 Å². The van der Waals surface area contributed by atoms with Crippen LogP contribution in [-0.4, -0.2) is 0 Å².